The van der Waals surface area contributed by atoms with Gasteiger partial charge in [0, 0.05) is 36.8 Å². The van der Waals surface area contributed by atoms with Gasteiger partial charge in [-0.1, -0.05) is 345 Å². The van der Waals surface area contributed by atoms with Gasteiger partial charge in [0.2, 0.25) is 0 Å². The first kappa shape index (κ1) is 64.9. The van der Waals surface area contributed by atoms with Crippen molar-refractivity contribution >= 4 is 180 Å². The number of fused-ring (bicyclic) bond motifs is 22. The van der Waals surface area contributed by atoms with Crippen molar-refractivity contribution in [2.75, 3.05) is 0 Å². The molecule has 4 nitrogen and oxygen atoms in total. The van der Waals surface area contributed by atoms with E-state index < -0.39 is 7.12 Å². The molecule has 20 aromatic carbocycles. The van der Waals surface area contributed by atoms with E-state index in [1.54, 1.807) is 0 Å². The zero-order valence-corrected chi connectivity index (χ0v) is 58.9. The van der Waals surface area contributed by atoms with Crippen LogP contribution in [0.1, 0.15) is 7.43 Å². The first-order valence-corrected chi connectivity index (χ1v) is 36.7. The smallest absolute Gasteiger partial charge is 0.455 e. The van der Waals surface area contributed by atoms with E-state index in [1.807, 2.05) is 42.5 Å². The third kappa shape index (κ3) is 10.8. The Bertz CT molecular complexity index is 7230. The van der Waals surface area contributed by atoms with Gasteiger partial charge in [-0.3, -0.25) is 0 Å². The van der Waals surface area contributed by atoms with Gasteiger partial charge < -0.3 is 18.9 Å². The summed E-state index contributed by atoms with van der Waals surface area (Å²) < 4.78 is 14.1. The largest absolute Gasteiger partial charge is 0.489 e. The lowest BCUT2D eigenvalue weighted by Gasteiger charge is -2.19. The first-order chi connectivity index (χ1) is 52.4. The molecule has 0 aliphatic heterocycles. The van der Waals surface area contributed by atoms with Gasteiger partial charge in [0.25, 0.3) is 0 Å². The van der Waals surface area contributed by atoms with E-state index in [0.717, 1.165) is 81.0 Å². The monoisotopic (exact) mass is 1430 g/mol. The Labute approximate surface area is 626 Å². The summed E-state index contributed by atoms with van der Waals surface area (Å²) >= 11 is 3.58. The van der Waals surface area contributed by atoms with Gasteiger partial charge in [-0.05, 0) is 201 Å². The summed E-state index contributed by atoms with van der Waals surface area (Å²) in [7, 11) is -1.53. The summed E-state index contributed by atoms with van der Waals surface area (Å²) in [6.07, 6.45) is 0. The lowest BCUT2D eigenvalue weighted by Crippen LogP contribution is -2.31. The number of benzene rings is 20. The molecule has 0 saturated heterocycles. The Morgan fingerprint density at radius 2 is 0.523 bits per heavy atom. The van der Waals surface area contributed by atoms with E-state index in [-0.39, 0.29) is 7.43 Å². The average molecular weight is 1430 g/mol. The van der Waals surface area contributed by atoms with Crippen LogP contribution in [0.25, 0.3) is 207 Å². The highest BCUT2D eigenvalue weighted by Crippen LogP contribution is 2.49. The van der Waals surface area contributed by atoms with E-state index in [9.17, 15) is 10.0 Å². The fourth-order valence-corrected chi connectivity index (χ4v) is 17.4. The third-order valence-corrected chi connectivity index (χ3v) is 22.1. The molecule has 0 saturated carbocycles. The predicted molar refractivity (Wildman–Crippen MR) is 460 cm³/mol. The van der Waals surface area contributed by atoms with Crippen LogP contribution in [-0.4, -0.2) is 17.2 Å². The molecule has 0 bridgehead atoms. The molecule has 0 amide bonds. The van der Waals surface area contributed by atoms with Crippen LogP contribution in [0.15, 0.2) is 377 Å². The van der Waals surface area contributed by atoms with Crippen LogP contribution in [0.2, 0.25) is 0 Å². The Morgan fingerprint density at radius 1 is 0.224 bits per heavy atom. The summed E-state index contributed by atoms with van der Waals surface area (Å²) in [5.41, 5.74) is 16.4. The molecular weight excluding hydrogens is 1370 g/mol. The van der Waals surface area contributed by atoms with Gasteiger partial charge in [-0.15, -0.1) is 0 Å². The van der Waals surface area contributed by atoms with Crippen LogP contribution in [0.4, 0.5) is 0 Å². The third-order valence-electron chi connectivity index (χ3n) is 21.6. The Morgan fingerprint density at radius 3 is 0.944 bits per heavy atom. The molecule has 22 aromatic rings. The molecule has 0 aliphatic rings. The van der Waals surface area contributed by atoms with Crippen LogP contribution in [0.5, 0.6) is 0 Å². The second kappa shape index (κ2) is 26.6. The standard InChI is InChI=1S/C50H30O.C26H15BrO.C24H17BO2.CH4/c1-2-17-35-31(13-1)14-12-26-38(35)48-42-23-8-6-21-40(42)47(41-22-7-9-24-43(41)48)34-16-11-15-32(29-34)33-27-28-46-45(30-33)49-39-20-5-3-18-36(39)37-19-4-10-25-44(37)50(49)51-46;27-18-7-5-6-16(14-18)17-12-13-24-23(15-17)25-21-10-3-1-8-19(21)20-9-2-4-11-22(20)26(25)28-24;26-25(27)24-21-13-5-3-11-19(21)23(20-12-4-6-14-22(20)24)18-15-7-9-16-8-1-2-10-17(16)18;/h1-30H;1-15H;1-15,26-27H;1H4. The minimum Gasteiger partial charge on any atom is -0.455 e. The van der Waals surface area contributed by atoms with Crippen LogP contribution >= 0.6 is 15.9 Å². The molecule has 0 unspecified atom stereocenters. The van der Waals surface area contributed by atoms with E-state index in [0.29, 0.717) is 5.46 Å². The SMILES string of the molecule is Brc1cccc(-c2ccc3oc4c5ccccc5c5ccccc5c4c3c2)c1.C.OB(O)c1c2ccccc2c(-c2cccc3ccccc23)c2ccccc12.c1cc(-c2ccc3oc4c5ccccc5c5ccccc5c4c3c2)cc(-c2c3ccccc3c(-c3cccc4ccccc34)c3ccccc23)c1. The molecule has 2 heterocycles. The molecule has 0 spiro atoms. The highest BCUT2D eigenvalue weighted by molar-refractivity contribution is 9.10. The summed E-state index contributed by atoms with van der Waals surface area (Å²) in [6.45, 7) is 0. The van der Waals surface area contributed by atoms with Crippen molar-refractivity contribution in [3.63, 3.8) is 0 Å². The minimum atomic E-state index is -1.53. The zero-order chi connectivity index (χ0) is 70.5. The summed E-state index contributed by atoms with van der Waals surface area (Å²) in [4.78, 5) is 0. The molecular formula is C101H66BBrO4. The van der Waals surface area contributed by atoms with Crippen LogP contribution in [0, 0.1) is 0 Å². The van der Waals surface area contributed by atoms with E-state index in [4.69, 9.17) is 8.83 Å². The number of hydrogen-bond donors (Lipinski definition) is 2. The van der Waals surface area contributed by atoms with Crippen molar-refractivity contribution in [3.05, 3.63) is 368 Å². The van der Waals surface area contributed by atoms with Crippen LogP contribution < -0.4 is 5.46 Å². The van der Waals surface area contributed by atoms with Crippen LogP contribution in [0.3, 0.4) is 0 Å². The maximum Gasteiger partial charge on any atom is 0.489 e. The average Bonchev–Trinajstić information content (AvgIpc) is 1.69. The Hall–Kier alpha value is -12.9. The van der Waals surface area contributed by atoms with Crippen molar-refractivity contribution in [2.24, 2.45) is 0 Å². The molecule has 0 fully saturated rings. The maximum atomic E-state index is 10.1. The van der Waals surface area contributed by atoms with Crippen molar-refractivity contribution in [2.45, 2.75) is 7.43 Å². The molecule has 0 radical (unpaired) electrons. The van der Waals surface area contributed by atoms with E-state index in [2.05, 4.69) is 337 Å². The second-order valence-corrected chi connectivity index (χ2v) is 28.4. The minimum absolute atomic E-state index is 0. The van der Waals surface area contributed by atoms with Crippen molar-refractivity contribution in [1.29, 1.82) is 0 Å². The van der Waals surface area contributed by atoms with E-state index >= 15 is 0 Å². The Balaban J connectivity index is 0.000000118. The van der Waals surface area contributed by atoms with Crippen molar-refractivity contribution in [3.8, 4) is 55.6 Å². The topological polar surface area (TPSA) is 66.7 Å². The maximum absolute atomic E-state index is 10.1. The van der Waals surface area contributed by atoms with E-state index in [1.165, 1.54) is 131 Å². The normalized spacial score (nSPS) is 11.6. The molecule has 2 aromatic heterocycles. The van der Waals surface area contributed by atoms with Crippen molar-refractivity contribution in [1.82, 2.24) is 0 Å². The van der Waals surface area contributed by atoms with Gasteiger partial charge >= 0.3 is 7.12 Å². The van der Waals surface area contributed by atoms with Gasteiger partial charge in [-0.25, -0.2) is 0 Å². The lowest BCUT2D eigenvalue weighted by atomic mass is 9.72. The van der Waals surface area contributed by atoms with Gasteiger partial charge in [0.05, 0.1) is 0 Å². The molecule has 0 aliphatic carbocycles. The first-order valence-electron chi connectivity index (χ1n) is 35.9. The number of rotatable bonds is 6. The molecule has 504 valence electrons. The van der Waals surface area contributed by atoms with Crippen molar-refractivity contribution < 1.29 is 18.9 Å². The van der Waals surface area contributed by atoms with Gasteiger partial charge in [-0.2, -0.15) is 0 Å². The van der Waals surface area contributed by atoms with Crippen LogP contribution in [-0.2, 0) is 0 Å². The fraction of sp³-hybridized carbons (Fsp3) is 0.00990. The molecule has 107 heavy (non-hydrogen) atoms. The quantitative estimate of drug-likeness (QED) is 0.0989. The summed E-state index contributed by atoms with van der Waals surface area (Å²) in [5.74, 6) is 0. The highest BCUT2D eigenvalue weighted by Gasteiger charge is 2.25. The highest BCUT2D eigenvalue weighted by atomic mass is 79.9. The molecule has 6 heteroatoms. The number of furan rings is 2. The molecule has 0 atom stereocenters. The summed E-state index contributed by atoms with van der Waals surface area (Å²) in [6, 6.07) is 129. The molecule has 2 N–H and O–H groups in total. The predicted octanol–water partition coefficient (Wildman–Crippen LogP) is 27.8. The van der Waals surface area contributed by atoms with Gasteiger partial charge in [0.15, 0.2) is 0 Å². The molecule has 22 rings (SSSR count). The zero-order valence-electron chi connectivity index (χ0n) is 57.3. The number of halogens is 1. The van der Waals surface area contributed by atoms with Gasteiger partial charge in [0.1, 0.15) is 22.3 Å². The summed E-state index contributed by atoms with van der Waals surface area (Å²) in [5, 5.41) is 48.4. The number of hydrogen-bond acceptors (Lipinski definition) is 4. The Kier molecular flexibility index (Phi) is 16.2. The lowest BCUT2D eigenvalue weighted by molar-refractivity contribution is 0.426. The fourth-order valence-electron chi connectivity index (χ4n) is 17.0. The second-order valence-electron chi connectivity index (χ2n) is 27.5.